The Balaban J connectivity index is 2.08. The van der Waals surface area contributed by atoms with Crippen LogP contribution in [0.25, 0.3) is 0 Å². The topological polar surface area (TPSA) is 21.3 Å². The smallest absolute Gasteiger partial charge is 0.166 e. The molecule has 0 aromatic heterocycles. The number of hydrogen-bond acceptors (Lipinski definition) is 2. The van der Waals surface area contributed by atoms with Gasteiger partial charge in [0.1, 0.15) is 6.10 Å². The van der Waals surface area contributed by atoms with E-state index >= 15 is 0 Å². The van der Waals surface area contributed by atoms with Crippen LogP contribution in [-0.4, -0.2) is 19.2 Å². The first-order valence-electron chi connectivity index (χ1n) is 4.58. The average Bonchev–Trinajstić information content (AvgIpc) is 2.62. The summed E-state index contributed by atoms with van der Waals surface area (Å²) in [5, 5.41) is 3.17. The minimum absolute atomic E-state index is 0.102. The molecule has 0 radical (unpaired) electrons. The van der Waals surface area contributed by atoms with Crippen LogP contribution in [0.1, 0.15) is 6.42 Å². The fourth-order valence-electron chi connectivity index (χ4n) is 1.48. The zero-order chi connectivity index (χ0) is 9.97. The van der Waals surface area contributed by atoms with Crippen molar-refractivity contribution in [3.8, 4) is 5.75 Å². The molecule has 76 valence electrons. The maximum atomic E-state index is 13.3. The highest BCUT2D eigenvalue weighted by Gasteiger charge is 2.17. The van der Waals surface area contributed by atoms with E-state index in [2.05, 4.69) is 21.2 Å². The van der Waals surface area contributed by atoms with E-state index in [4.69, 9.17) is 4.74 Å². The van der Waals surface area contributed by atoms with Gasteiger partial charge in [-0.15, -0.1) is 0 Å². The summed E-state index contributed by atoms with van der Waals surface area (Å²) in [6.45, 7) is 1.75. The third-order valence-electron chi connectivity index (χ3n) is 2.20. The fraction of sp³-hybridized carbons (Fsp3) is 0.400. The molecule has 4 heteroatoms. The van der Waals surface area contributed by atoms with Crippen LogP contribution in [0.4, 0.5) is 4.39 Å². The third-order valence-corrected chi connectivity index (χ3v) is 2.70. The number of halogens is 2. The Hall–Kier alpha value is -0.610. The SMILES string of the molecule is Fc1cc(Br)ccc1O[C@H]1CCNC1. The van der Waals surface area contributed by atoms with Gasteiger partial charge in [0.2, 0.25) is 0 Å². The number of ether oxygens (including phenoxy) is 1. The van der Waals surface area contributed by atoms with Crippen LogP contribution in [0.15, 0.2) is 22.7 Å². The van der Waals surface area contributed by atoms with Crippen molar-refractivity contribution in [1.82, 2.24) is 5.32 Å². The van der Waals surface area contributed by atoms with E-state index in [9.17, 15) is 4.39 Å². The van der Waals surface area contributed by atoms with Gasteiger partial charge >= 0.3 is 0 Å². The first kappa shape index (κ1) is 9.93. The largest absolute Gasteiger partial charge is 0.486 e. The quantitative estimate of drug-likeness (QED) is 0.881. The summed E-state index contributed by atoms with van der Waals surface area (Å²) in [6, 6.07) is 4.84. The van der Waals surface area contributed by atoms with Gasteiger partial charge in [0, 0.05) is 11.0 Å². The van der Waals surface area contributed by atoms with Crippen LogP contribution in [0.2, 0.25) is 0 Å². The van der Waals surface area contributed by atoms with Crippen molar-refractivity contribution in [2.75, 3.05) is 13.1 Å². The van der Waals surface area contributed by atoms with Gasteiger partial charge in [-0.1, -0.05) is 15.9 Å². The Morgan fingerprint density at radius 3 is 3.00 bits per heavy atom. The fourth-order valence-corrected chi connectivity index (χ4v) is 1.81. The zero-order valence-electron chi connectivity index (χ0n) is 7.59. The minimum atomic E-state index is -0.314. The highest BCUT2D eigenvalue weighted by molar-refractivity contribution is 9.10. The lowest BCUT2D eigenvalue weighted by molar-refractivity contribution is 0.213. The molecule has 0 bridgehead atoms. The van der Waals surface area contributed by atoms with Crippen LogP contribution < -0.4 is 10.1 Å². The van der Waals surface area contributed by atoms with Crippen LogP contribution >= 0.6 is 15.9 Å². The van der Waals surface area contributed by atoms with Gasteiger partial charge in [-0.25, -0.2) is 4.39 Å². The van der Waals surface area contributed by atoms with Crippen LogP contribution in [0, 0.1) is 5.82 Å². The normalized spacial score (nSPS) is 21.1. The Kier molecular flexibility index (Phi) is 3.03. The molecule has 0 saturated carbocycles. The van der Waals surface area contributed by atoms with Crippen molar-refractivity contribution in [2.45, 2.75) is 12.5 Å². The lowest BCUT2D eigenvalue weighted by Gasteiger charge is -2.12. The number of benzene rings is 1. The van der Waals surface area contributed by atoms with E-state index in [0.29, 0.717) is 5.75 Å². The lowest BCUT2D eigenvalue weighted by atomic mass is 10.3. The Labute approximate surface area is 90.6 Å². The molecular formula is C10H11BrFNO. The van der Waals surface area contributed by atoms with Gasteiger partial charge in [0.15, 0.2) is 11.6 Å². The Morgan fingerprint density at radius 2 is 2.36 bits per heavy atom. The maximum absolute atomic E-state index is 13.3. The van der Waals surface area contributed by atoms with Gasteiger partial charge < -0.3 is 10.1 Å². The second-order valence-corrected chi connectivity index (χ2v) is 4.22. The van der Waals surface area contributed by atoms with Crippen molar-refractivity contribution in [3.63, 3.8) is 0 Å². The molecule has 1 heterocycles. The molecule has 14 heavy (non-hydrogen) atoms. The van der Waals surface area contributed by atoms with Gasteiger partial charge in [-0.2, -0.15) is 0 Å². The lowest BCUT2D eigenvalue weighted by Crippen LogP contribution is -2.20. The molecule has 1 aromatic rings. The van der Waals surface area contributed by atoms with E-state index in [1.54, 1.807) is 12.1 Å². The van der Waals surface area contributed by atoms with Crippen molar-refractivity contribution in [1.29, 1.82) is 0 Å². The molecule has 0 spiro atoms. The molecule has 1 aliphatic heterocycles. The average molecular weight is 260 g/mol. The Bertz CT molecular complexity index is 326. The first-order chi connectivity index (χ1) is 6.75. The van der Waals surface area contributed by atoms with E-state index in [0.717, 1.165) is 24.0 Å². The van der Waals surface area contributed by atoms with E-state index < -0.39 is 0 Å². The summed E-state index contributed by atoms with van der Waals surface area (Å²) in [4.78, 5) is 0. The highest BCUT2D eigenvalue weighted by atomic mass is 79.9. The second kappa shape index (κ2) is 4.28. The predicted molar refractivity (Wildman–Crippen MR) is 56.0 cm³/mol. The van der Waals surface area contributed by atoms with Crippen LogP contribution in [-0.2, 0) is 0 Å². The second-order valence-electron chi connectivity index (χ2n) is 3.31. The molecule has 2 rings (SSSR count). The van der Waals surface area contributed by atoms with Gasteiger partial charge in [-0.05, 0) is 31.2 Å². The molecule has 0 amide bonds. The van der Waals surface area contributed by atoms with Crippen molar-refractivity contribution < 1.29 is 9.13 Å². The van der Waals surface area contributed by atoms with Crippen LogP contribution in [0.3, 0.4) is 0 Å². The van der Waals surface area contributed by atoms with Crippen molar-refractivity contribution >= 4 is 15.9 Å². The Morgan fingerprint density at radius 1 is 1.50 bits per heavy atom. The van der Waals surface area contributed by atoms with Crippen molar-refractivity contribution in [2.24, 2.45) is 0 Å². The van der Waals surface area contributed by atoms with Crippen LogP contribution in [0.5, 0.6) is 5.75 Å². The minimum Gasteiger partial charge on any atom is -0.486 e. The predicted octanol–water partition coefficient (Wildman–Crippen LogP) is 2.33. The molecule has 1 atom stereocenters. The van der Waals surface area contributed by atoms with Gasteiger partial charge in [-0.3, -0.25) is 0 Å². The summed E-state index contributed by atoms with van der Waals surface area (Å²) in [6.07, 6.45) is 1.04. The van der Waals surface area contributed by atoms with E-state index in [-0.39, 0.29) is 11.9 Å². The molecule has 1 aliphatic rings. The third kappa shape index (κ3) is 2.25. The molecule has 0 aliphatic carbocycles. The molecule has 1 saturated heterocycles. The number of hydrogen-bond donors (Lipinski definition) is 1. The molecule has 1 N–H and O–H groups in total. The maximum Gasteiger partial charge on any atom is 0.166 e. The number of rotatable bonds is 2. The summed E-state index contributed by atoms with van der Waals surface area (Å²) >= 11 is 3.20. The molecular weight excluding hydrogens is 249 g/mol. The molecule has 1 aromatic carbocycles. The summed E-state index contributed by atoms with van der Waals surface area (Å²) in [5.41, 5.74) is 0. The van der Waals surface area contributed by atoms with Gasteiger partial charge in [0.25, 0.3) is 0 Å². The monoisotopic (exact) mass is 259 g/mol. The first-order valence-corrected chi connectivity index (χ1v) is 5.37. The van der Waals surface area contributed by atoms with E-state index in [1.165, 1.54) is 6.07 Å². The number of nitrogens with one attached hydrogen (secondary N) is 1. The van der Waals surface area contributed by atoms with E-state index in [1.807, 2.05) is 0 Å². The zero-order valence-corrected chi connectivity index (χ0v) is 9.18. The molecule has 2 nitrogen and oxygen atoms in total. The van der Waals surface area contributed by atoms with Gasteiger partial charge in [0.05, 0.1) is 0 Å². The highest BCUT2D eigenvalue weighted by Crippen LogP contribution is 2.23. The summed E-state index contributed by atoms with van der Waals surface area (Å²) in [5.74, 6) is 0.0215. The standard InChI is InChI=1S/C10H11BrFNO/c11-7-1-2-10(9(12)5-7)14-8-3-4-13-6-8/h1-2,5,8,13H,3-4,6H2/t8-/m0/s1. The summed E-state index contributed by atoms with van der Waals surface area (Å²) in [7, 11) is 0. The molecule has 1 fully saturated rings. The molecule has 0 unspecified atom stereocenters. The van der Waals surface area contributed by atoms with Crippen molar-refractivity contribution in [3.05, 3.63) is 28.5 Å². The summed E-state index contributed by atoms with van der Waals surface area (Å²) < 4.78 is 19.6.